The third-order valence-electron chi connectivity index (χ3n) is 5.71. The molecule has 5 rings (SSSR count). The molecule has 0 saturated heterocycles. The molecule has 0 aliphatic heterocycles. The van der Waals surface area contributed by atoms with Gasteiger partial charge in [-0.25, -0.2) is 0 Å². The van der Waals surface area contributed by atoms with Crippen LogP contribution in [0.2, 0.25) is 0 Å². The van der Waals surface area contributed by atoms with Crippen LogP contribution in [-0.4, -0.2) is 11.4 Å². The second-order valence-electron chi connectivity index (χ2n) is 8.21. The Morgan fingerprint density at radius 3 is 0.889 bits per heavy atom. The van der Waals surface area contributed by atoms with Gasteiger partial charge in [-0.2, -0.15) is 0 Å². The highest BCUT2D eigenvalue weighted by Crippen LogP contribution is 2.27. The van der Waals surface area contributed by atoms with Gasteiger partial charge >= 0.3 is 0 Å². The number of hydrogen-bond donors (Lipinski definition) is 2. The lowest BCUT2D eigenvalue weighted by Crippen LogP contribution is -2.00. The van der Waals surface area contributed by atoms with Gasteiger partial charge in [0, 0.05) is 11.1 Å². The smallest absolute Gasteiger partial charge is 0.127 e. The summed E-state index contributed by atoms with van der Waals surface area (Å²) in [5.74, 6) is 2.79. The summed E-state index contributed by atoms with van der Waals surface area (Å²) < 4.78 is 11.9. The van der Waals surface area contributed by atoms with Gasteiger partial charge in [-0.3, -0.25) is 10.8 Å². The van der Waals surface area contributed by atoms with E-state index in [1.54, 1.807) is 0 Å². The van der Waals surface area contributed by atoms with Crippen molar-refractivity contribution >= 4 is 11.4 Å². The van der Waals surface area contributed by atoms with E-state index in [9.17, 15) is 0 Å². The molecule has 4 heteroatoms. The average Bonchev–Trinajstić information content (AvgIpc) is 2.95. The Hall–Kier alpha value is -4.96. The number of hydrogen-bond acceptors (Lipinski definition) is 4. The Balaban J connectivity index is 1.19. The van der Waals surface area contributed by atoms with E-state index in [0.717, 1.165) is 22.3 Å². The fourth-order valence-corrected chi connectivity index (χ4v) is 3.77. The topological polar surface area (TPSA) is 66.2 Å². The van der Waals surface area contributed by atoms with E-state index in [1.165, 1.54) is 0 Å². The van der Waals surface area contributed by atoms with E-state index in [2.05, 4.69) is 0 Å². The fraction of sp³-hybridized carbons (Fsp3) is 0. The van der Waals surface area contributed by atoms with E-state index in [1.807, 2.05) is 133 Å². The van der Waals surface area contributed by atoms with Crippen molar-refractivity contribution in [2.75, 3.05) is 0 Å². The van der Waals surface area contributed by atoms with Crippen molar-refractivity contribution < 1.29 is 9.47 Å². The second kappa shape index (κ2) is 10.5. The summed E-state index contributed by atoms with van der Waals surface area (Å²) in [5, 5.41) is 16.8. The molecule has 0 saturated carbocycles. The molecule has 5 aromatic rings. The van der Waals surface area contributed by atoms with Gasteiger partial charge in [-0.1, -0.05) is 60.7 Å². The number of benzene rings is 5. The van der Waals surface area contributed by atoms with Crippen molar-refractivity contribution in [1.82, 2.24) is 0 Å². The van der Waals surface area contributed by atoms with Crippen LogP contribution in [0.25, 0.3) is 0 Å². The SMILES string of the molecule is N=C(c1ccccc1)c1ccc(Oc2ccc(Oc3ccc(C(=N)c4ccccc4)cc3)cc2)cc1. The minimum atomic E-state index is 0.480. The molecule has 0 unspecified atom stereocenters. The summed E-state index contributed by atoms with van der Waals surface area (Å²) >= 11 is 0. The molecular formula is C32H24N2O2. The molecule has 5 aromatic carbocycles. The van der Waals surface area contributed by atoms with Gasteiger partial charge in [0.25, 0.3) is 0 Å². The van der Waals surface area contributed by atoms with Crippen LogP contribution in [0.3, 0.4) is 0 Å². The molecule has 0 aromatic heterocycles. The first-order valence-corrected chi connectivity index (χ1v) is 11.6. The summed E-state index contributed by atoms with van der Waals surface area (Å²) in [5.41, 5.74) is 4.39. The van der Waals surface area contributed by atoms with E-state index in [0.29, 0.717) is 34.4 Å². The van der Waals surface area contributed by atoms with E-state index < -0.39 is 0 Å². The molecule has 0 bridgehead atoms. The maximum absolute atomic E-state index is 8.39. The lowest BCUT2D eigenvalue weighted by Gasteiger charge is -2.10. The summed E-state index contributed by atoms with van der Waals surface area (Å²) in [7, 11) is 0. The highest BCUT2D eigenvalue weighted by atomic mass is 16.5. The number of ether oxygens (including phenoxy) is 2. The van der Waals surface area contributed by atoms with Crippen LogP contribution >= 0.6 is 0 Å². The van der Waals surface area contributed by atoms with Crippen molar-refractivity contribution in [2.45, 2.75) is 0 Å². The molecule has 0 aliphatic carbocycles. The first kappa shape index (κ1) is 22.8. The molecule has 0 heterocycles. The predicted molar refractivity (Wildman–Crippen MR) is 144 cm³/mol. The normalized spacial score (nSPS) is 10.4. The first-order chi connectivity index (χ1) is 17.7. The fourth-order valence-electron chi connectivity index (χ4n) is 3.77. The Bertz CT molecular complexity index is 1340. The maximum Gasteiger partial charge on any atom is 0.127 e. The highest BCUT2D eigenvalue weighted by molar-refractivity contribution is 6.11. The van der Waals surface area contributed by atoms with Gasteiger partial charge in [0.1, 0.15) is 23.0 Å². The molecule has 0 atom stereocenters. The molecule has 2 N–H and O–H groups in total. The van der Waals surface area contributed by atoms with E-state index in [-0.39, 0.29) is 0 Å². The zero-order valence-corrected chi connectivity index (χ0v) is 19.5. The molecule has 0 amide bonds. The van der Waals surface area contributed by atoms with Crippen LogP contribution < -0.4 is 9.47 Å². The summed E-state index contributed by atoms with van der Waals surface area (Å²) in [4.78, 5) is 0. The van der Waals surface area contributed by atoms with Crippen LogP contribution in [0.15, 0.2) is 133 Å². The minimum Gasteiger partial charge on any atom is -0.457 e. The van der Waals surface area contributed by atoms with Gasteiger partial charge in [0.05, 0.1) is 11.4 Å². The maximum atomic E-state index is 8.39. The average molecular weight is 469 g/mol. The van der Waals surface area contributed by atoms with Crippen LogP contribution in [0, 0.1) is 10.8 Å². The third kappa shape index (κ3) is 5.40. The minimum absolute atomic E-state index is 0.480. The van der Waals surface area contributed by atoms with Crippen molar-refractivity contribution in [3.05, 3.63) is 156 Å². The molecular weight excluding hydrogens is 444 g/mol. The Morgan fingerprint density at radius 1 is 0.333 bits per heavy atom. The monoisotopic (exact) mass is 468 g/mol. The van der Waals surface area contributed by atoms with Crippen LogP contribution in [-0.2, 0) is 0 Å². The van der Waals surface area contributed by atoms with Crippen molar-refractivity contribution in [3.8, 4) is 23.0 Å². The van der Waals surface area contributed by atoms with Crippen LogP contribution in [0.5, 0.6) is 23.0 Å². The summed E-state index contributed by atoms with van der Waals surface area (Å²) in [6.45, 7) is 0. The third-order valence-corrected chi connectivity index (χ3v) is 5.71. The summed E-state index contributed by atoms with van der Waals surface area (Å²) in [6, 6.07) is 41.8. The zero-order chi connectivity index (χ0) is 24.7. The van der Waals surface area contributed by atoms with Gasteiger partial charge in [0.15, 0.2) is 0 Å². The van der Waals surface area contributed by atoms with Crippen molar-refractivity contribution in [2.24, 2.45) is 0 Å². The molecule has 0 aliphatic rings. The lowest BCUT2D eigenvalue weighted by atomic mass is 10.0. The molecule has 174 valence electrons. The van der Waals surface area contributed by atoms with E-state index >= 15 is 0 Å². The highest BCUT2D eigenvalue weighted by Gasteiger charge is 2.07. The quantitative estimate of drug-likeness (QED) is 0.226. The lowest BCUT2D eigenvalue weighted by molar-refractivity contribution is 0.469. The van der Waals surface area contributed by atoms with Crippen LogP contribution in [0.1, 0.15) is 22.3 Å². The Morgan fingerprint density at radius 2 is 0.583 bits per heavy atom. The van der Waals surface area contributed by atoms with Gasteiger partial charge in [-0.15, -0.1) is 0 Å². The zero-order valence-electron chi connectivity index (χ0n) is 19.5. The van der Waals surface area contributed by atoms with Crippen molar-refractivity contribution in [3.63, 3.8) is 0 Å². The first-order valence-electron chi connectivity index (χ1n) is 11.6. The van der Waals surface area contributed by atoms with Crippen molar-refractivity contribution in [1.29, 1.82) is 10.8 Å². The summed E-state index contributed by atoms with van der Waals surface area (Å²) in [6.07, 6.45) is 0. The molecule has 0 radical (unpaired) electrons. The Labute approximate surface area is 210 Å². The predicted octanol–water partition coefficient (Wildman–Crippen LogP) is 8.10. The van der Waals surface area contributed by atoms with Crippen LogP contribution in [0.4, 0.5) is 0 Å². The molecule has 36 heavy (non-hydrogen) atoms. The number of rotatable bonds is 8. The largest absolute Gasteiger partial charge is 0.457 e. The second-order valence-corrected chi connectivity index (χ2v) is 8.21. The molecule has 4 nitrogen and oxygen atoms in total. The number of nitrogens with one attached hydrogen (secondary N) is 2. The molecule has 0 spiro atoms. The Kier molecular flexibility index (Phi) is 6.68. The van der Waals surface area contributed by atoms with Gasteiger partial charge < -0.3 is 9.47 Å². The molecule has 0 fully saturated rings. The standard InChI is InChI=1S/C32H24N2O2/c33-31(23-7-3-1-4-8-23)25-11-15-27(16-12-25)35-29-19-21-30(22-20-29)36-28-17-13-26(14-18-28)32(34)24-9-5-2-6-10-24/h1-22,33-34H. The van der Waals surface area contributed by atoms with Gasteiger partial charge in [0.2, 0.25) is 0 Å². The van der Waals surface area contributed by atoms with Gasteiger partial charge in [-0.05, 0) is 83.9 Å². The van der Waals surface area contributed by atoms with E-state index in [4.69, 9.17) is 20.3 Å².